The van der Waals surface area contributed by atoms with E-state index in [0.29, 0.717) is 6.04 Å². The van der Waals surface area contributed by atoms with E-state index >= 15 is 0 Å². The summed E-state index contributed by atoms with van der Waals surface area (Å²) in [6.45, 7) is 10.3. The smallest absolute Gasteiger partial charge is 0.0491 e. The third kappa shape index (κ3) is 6.39. The lowest BCUT2D eigenvalue weighted by Crippen LogP contribution is -2.36. The molecule has 1 aliphatic heterocycles. The molecule has 0 spiro atoms. The van der Waals surface area contributed by atoms with E-state index in [2.05, 4.69) is 24.1 Å². The molecule has 0 aliphatic carbocycles. The Balaban J connectivity index is 2.02. The van der Waals surface area contributed by atoms with Crippen LogP contribution in [0.2, 0.25) is 0 Å². The first kappa shape index (κ1) is 14.9. The highest BCUT2D eigenvalue weighted by Gasteiger charge is 2.18. The summed E-state index contributed by atoms with van der Waals surface area (Å²) in [7, 11) is 1.81. The van der Waals surface area contributed by atoms with Crippen LogP contribution in [0, 0.1) is 5.92 Å². The lowest BCUT2D eigenvalue weighted by Gasteiger charge is -2.31. The molecule has 1 heterocycles. The van der Waals surface area contributed by atoms with Crippen molar-refractivity contribution in [2.24, 2.45) is 5.92 Å². The van der Waals surface area contributed by atoms with E-state index in [1.54, 1.807) is 0 Å². The van der Waals surface area contributed by atoms with Gasteiger partial charge in [-0.05, 0) is 64.7 Å². The number of hydrogen-bond acceptors (Lipinski definition) is 3. The third-order valence-corrected chi connectivity index (χ3v) is 3.77. The topological polar surface area (TPSA) is 24.5 Å². The first-order chi connectivity index (χ1) is 8.26. The van der Waals surface area contributed by atoms with Crippen molar-refractivity contribution in [1.29, 1.82) is 0 Å². The molecule has 0 saturated carbocycles. The minimum absolute atomic E-state index is 0.672. The Kier molecular flexibility index (Phi) is 7.82. The normalized spacial score (nSPS) is 20.6. The fraction of sp³-hybridized carbons (Fsp3) is 1.00. The van der Waals surface area contributed by atoms with Crippen LogP contribution in [0.5, 0.6) is 0 Å². The number of hydrogen-bond donors (Lipinski definition) is 1. The molecule has 3 nitrogen and oxygen atoms in total. The molecule has 1 fully saturated rings. The molecule has 3 heteroatoms. The monoisotopic (exact) mass is 242 g/mol. The molecule has 1 atom stereocenters. The molecule has 1 saturated heterocycles. The van der Waals surface area contributed by atoms with Crippen molar-refractivity contribution in [3.63, 3.8) is 0 Å². The second kappa shape index (κ2) is 8.90. The number of nitrogens with one attached hydrogen (secondary N) is 1. The minimum Gasteiger partial charge on any atom is -0.384 e. The van der Waals surface area contributed by atoms with Gasteiger partial charge in [0, 0.05) is 19.8 Å². The van der Waals surface area contributed by atoms with Gasteiger partial charge in [-0.25, -0.2) is 0 Å². The lowest BCUT2D eigenvalue weighted by molar-refractivity contribution is 0.0986. The van der Waals surface area contributed by atoms with E-state index in [0.717, 1.165) is 19.1 Å². The second-order valence-electron chi connectivity index (χ2n) is 5.34. The molecule has 1 N–H and O–H groups in total. The third-order valence-electron chi connectivity index (χ3n) is 3.77. The van der Waals surface area contributed by atoms with Crippen LogP contribution in [-0.2, 0) is 4.74 Å². The predicted octanol–water partition coefficient (Wildman–Crippen LogP) is 2.12. The van der Waals surface area contributed by atoms with Gasteiger partial charge in [-0.2, -0.15) is 0 Å². The highest BCUT2D eigenvalue weighted by atomic mass is 16.5. The van der Waals surface area contributed by atoms with E-state index in [-0.39, 0.29) is 0 Å². The molecule has 0 aromatic heterocycles. The standard InChI is InChI=1S/C14H30N2O/c1-4-15-13(2)6-5-9-16-10-7-14(8-11-16)12-17-3/h13-15H,4-12H2,1-3H3. The van der Waals surface area contributed by atoms with E-state index < -0.39 is 0 Å². The van der Waals surface area contributed by atoms with E-state index in [4.69, 9.17) is 4.74 Å². The molecule has 102 valence electrons. The molecule has 1 rings (SSSR count). The number of nitrogens with zero attached hydrogens (tertiary/aromatic N) is 1. The molecule has 1 aliphatic rings. The van der Waals surface area contributed by atoms with Gasteiger partial charge in [0.15, 0.2) is 0 Å². The zero-order valence-corrected chi connectivity index (χ0v) is 11.9. The van der Waals surface area contributed by atoms with Crippen LogP contribution in [0.15, 0.2) is 0 Å². The van der Waals surface area contributed by atoms with Crippen molar-refractivity contribution in [2.75, 3.05) is 39.9 Å². The molecule has 0 aromatic rings. The Bertz CT molecular complexity index is 179. The molecule has 0 amide bonds. The number of methoxy groups -OCH3 is 1. The van der Waals surface area contributed by atoms with Gasteiger partial charge in [-0.15, -0.1) is 0 Å². The van der Waals surface area contributed by atoms with Gasteiger partial charge in [0.05, 0.1) is 0 Å². The largest absolute Gasteiger partial charge is 0.384 e. The van der Waals surface area contributed by atoms with E-state index in [9.17, 15) is 0 Å². The molecule has 0 radical (unpaired) electrons. The average molecular weight is 242 g/mol. The van der Waals surface area contributed by atoms with Gasteiger partial charge < -0.3 is 15.0 Å². The highest BCUT2D eigenvalue weighted by Crippen LogP contribution is 2.17. The van der Waals surface area contributed by atoms with Crippen LogP contribution in [0.3, 0.4) is 0 Å². The number of piperidine rings is 1. The van der Waals surface area contributed by atoms with Gasteiger partial charge in [-0.3, -0.25) is 0 Å². The Morgan fingerprint density at radius 3 is 2.65 bits per heavy atom. The molecule has 0 aromatic carbocycles. The SMILES string of the molecule is CCNC(C)CCCN1CCC(COC)CC1. The van der Waals surface area contributed by atoms with Crippen molar-refractivity contribution >= 4 is 0 Å². The van der Waals surface area contributed by atoms with Gasteiger partial charge in [0.2, 0.25) is 0 Å². The first-order valence-electron chi connectivity index (χ1n) is 7.21. The summed E-state index contributed by atoms with van der Waals surface area (Å²) in [5, 5.41) is 3.47. The summed E-state index contributed by atoms with van der Waals surface area (Å²) >= 11 is 0. The molecular weight excluding hydrogens is 212 g/mol. The summed E-state index contributed by atoms with van der Waals surface area (Å²) in [5.41, 5.74) is 0. The van der Waals surface area contributed by atoms with Gasteiger partial charge in [0.25, 0.3) is 0 Å². The maximum Gasteiger partial charge on any atom is 0.0491 e. The van der Waals surface area contributed by atoms with Crippen molar-refractivity contribution in [1.82, 2.24) is 10.2 Å². The fourth-order valence-corrected chi connectivity index (χ4v) is 2.68. The summed E-state index contributed by atoms with van der Waals surface area (Å²) in [6.07, 6.45) is 5.25. The van der Waals surface area contributed by atoms with Crippen LogP contribution >= 0.6 is 0 Å². The Morgan fingerprint density at radius 1 is 1.35 bits per heavy atom. The fourth-order valence-electron chi connectivity index (χ4n) is 2.68. The summed E-state index contributed by atoms with van der Waals surface area (Å²) in [6, 6.07) is 0.672. The second-order valence-corrected chi connectivity index (χ2v) is 5.34. The lowest BCUT2D eigenvalue weighted by atomic mass is 9.97. The zero-order chi connectivity index (χ0) is 12.5. The predicted molar refractivity (Wildman–Crippen MR) is 73.4 cm³/mol. The molecule has 17 heavy (non-hydrogen) atoms. The van der Waals surface area contributed by atoms with Gasteiger partial charge in [-0.1, -0.05) is 6.92 Å². The first-order valence-corrected chi connectivity index (χ1v) is 7.21. The summed E-state index contributed by atoms with van der Waals surface area (Å²) < 4.78 is 5.23. The number of ether oxygens (including phenoxy) is 1. The maximum atomic E-state index is 5.23. The highest BCUT2D eigenvalue weighted by molar-refractivity contribution is 4.72. The molecule has 1 unspecified atom stereocenters. The Morgan fingerprint density at radius 2 is 2.06 bits per heavy atom. The van der Waals surface area contributed by atoms with Crippen LogP contribution < -0.4 is 5.32 Å². The van der Waals surface area contributed by atoms with Crippen LogP contribution in [-0.4, -0.2) is 50.8 Å². The van der Waals surface area contributed by atoms with E-state index in [1.165, 1.54) is 45.3 Å². The summed E-state index contributed by atoms with van der Waals surface area (Å²) in [5.74, 6) is 0.803. The van der Waals surface area contributed by atoms with Crippen molar-refractivity contribution in [3.8, 4) is 0 Å². The maximum absolute atomic E-state index is 5.23. The minimum atomic E-state index is 0.672. The number of rotatable bonds is 8. The Labute approximate surface area is 107 Å². The van der Waals surface area contributed by atoms with Gasteiger partial charge in [0.1, 0.15) is 0 Å². The van der Waals surface area contributed by atoms with Crippen LogP contribution in [0.1, 0.15) is 39.5 Å². The van der Waals surface area contributed by atoms with Crippen molar-refractivity contribution < 1.29 is 4.74 Å². The van der Waals surface area contributed by atoms with Crippen molar-refractivity contribution in [3.05, 3.63) is 0 Å². The number of likely N-dealkylation sites (tertiary alicyclic amines) is 1. The quantitative estimate of drug-likeness (QED) is 0.705. The summed E-state index contributed by atoms with van der Waals surface area (Å²) in [4.78, 5) is 2.62. The zero-order valence-electron chi connectivity index (χ0n) is 11.9. The average Bonchev–Trinajstić information content (AvgIpc) is 2.32. The van der Waals surface area contributed by atoms with Gasteiger partial charge >= 0.3 is 0 Å². The van der Waals surface area contributed by atoms with Crippen LogP contribution in [0.25, 0.3) is 0 Å². The van der Waals surface area contributed by atoms with Crippen LogP contribution in [0.4, 0.5) is 0 Å². The Hall–Kier alpha value is -0.120. The molecular formula is C14H30N2O. The molecule has 0 bridgehead atoms. The van der Waals surface area contributed by atoms with E-state index in [1.807, 2.05) is 7.11 Å². The van der Waals surface area contributed by atoms with Crippen molar-refractivity contribution in [2.45, 2.75) is 45.6 Å².